The lowest BCUT2D eigenvalue weighted by Crippen LogP contribution is -2.03. The topological polar surface area (TPSA) is 77.2 Å². The van der Waals surface area contributed by atoms with Gasteiger partial charge in [0.2, 0.25) is 0 Å². The standard InChI is InChI=1S/C15H13N3O3/c1-9-5-3-4-6-12(9)21-13-10-8-17-18(2)14(10)16-7-11(13)15(19)20/h3-8H,1-2H3,(H,19,20). The highest BCUT2D eigenvalue weighted by Crippen LogP contribution is 2.33. The van der Waals surface area contributed by atoms with Gasteiger partial charge in [0.25, 0.3) is 0 Å². The average Bonchev–Trinajstić information content (AvgIpc) is 2.83. The third-order valence-electron chi connectivity index (χ3n) is 3.25. The molecule has 0 saturated carbocycles. The number of benzene rings is 1. The number of aromatic carboxylic acids is 1. The van der Waals surface area contributed by atoms with Crippen LogP contribution >= 0.6 is 0 Å². The second-order valence-electron chi connectivity index (χ2n) is 4.68. The number of hydrogen-bond acceptors (Lipinski definition) is 4. The molecular weight excluding hydrogens is 270 g/mol. The zero-order chi connectivity index (χ0) is 15.0. The van der Waals surface area contributed by atoms with Crippen LogP contribution in [0.4, 0.5) is 0 Å². The Labute approximate surface area is 120 Å². The van der Waals surface area contributed by atoms with E-state index < -0.39 is 5.97 Å². The number of carbonyl (C=O) groups is 1. The van der Waals surface area contributed by atoms with Gasteiger partial charge in [-0.1, -0.05) is 18.2 Å². The number of carboxylic acid groups (broad SMARTS) is 1. The predicted molar refractivity (Wildman–Crippen MR) is 76.7 cm³/mol. The largest absolute Gasteiger partial charge is 0.477 e. The van der Waals surface area contributed by atoms with Gasteiger partial charge in [0.05, 0.1) is 11.6 Å². The quantitative estimate of drug-likeness (QED) is 0.799. The molecule has 3 rings (SSSR count). The van der Waals surface area contributed by atoms with E-state index in [1.807, 2.05) is 25.1 Å². The highest BCUT2D eigenvalue weighted by Gasteiger charge is 2.19. The van der Waals surface area contributed by atoms with E-state index in [0.717, 1.165) is 5.56 Å². The van der Waals surface area contributed by atoms with E-state index in [1.165, 1.54) is 6.20 Å². The summed E-state index contributed by atoms with van der Waals surface area (Å²) in [6.45, 7) is 1.90. The Balaban J connectivity index is 2.21. The van der Waals surface area contributed by atoms with Crippen LogP contribution in [0.25, 0.3) is 11.0 Å². The molecule has 21 heavy (non-hydrogen) atoms. The molecule has 0 spiro atoms. The zero-order valence-corrected chi connectivity index (χ0v) is 11.6. The van der Waals surface area contributed by atoms with E-state index in [9.17, 15) is 9.90 Å². The van der Waals surface area contributed by atoms with Crippen LogP contribution < -0.4 is 4.74 Å². The summed E-state index contributed by atoms with van der Waals surface area (Å²) in [7, 11) is 1.74. The van der Waals surface area contributed by atoms with Gasteiger partial charge in [0.1, 0.15) is 11.3 Å². The van der Waals surface area contributed by atoms with Crippen molar-refractivity contribution in [1.29, 1.82) is 0 Å². The molecule has 6 nitrogen and oxygen atoms in total. The minimum Gasteiger partial charge on any atom is -0.477 e. The van der Waals surface area contributed by atoms with Crippen molar-refractivity contribution in [2.24, 2.45) is 7.05 Å². The van der Waals surface area contributed by atoms with Crippen molar-refractivity contribution in [3.63, 3.8) is 0 Å². The summed E-state index contributed by atoms with van der Waals surface area (Å²) in [6, 6.07) is 7.43. The molecule has 6 heteroatoms. The van der Waals surface area contributed by atoms with Gasteiger partial charge < -0.3 is 9.84 Å². The van der Waals surface area contributed by atoms with Crippen molar-refractivity contribution in [2.45, 2.75) is 6.92 Å². The number of pyridine rings is 1. The van der Waals surface area contributed by atoms with Crippen LogP contribution in [0.5, 0.6) is 11.5 Å². The molecule has 0 fully saturated rings. The summed E-state index contributed by atoms with van der Waals surface area (Å²) in [5, 5.41) is 14.0. The highest BCUT2D eigenvalue weighted by atomic mass is 16.5. The predicted octanol–water partition coefficient (Wildman–Crippen LogP) is 2.77. The molecule has 0 aliphatic carbocycles. The lowest BCUT2D eigenvalue weighted by molar-refractivity contribution is 0.0694. The molecule has 0 saturated heterocycles. The molecule has 0 unspecified atom stereocenters. The normalized spacial score (nSPS) is 10.8. The third-order valence-corrected chi connectivity index (χ3v) is 3.25. The molecule has 0 atom stereocenters. The molecular formula is C15H13N3O3. The molecule has 1 N–H and O–H groups in total. The molecule has 3 aromatic rings. The maximum Gasteiger partial charge on any atom is 0.341 e. The van der Waals surface area contributed by atoms with Gasteiger partial charge in [-0.2, -0.15) is 5.10 Å². The van der Waals surface area contributed by atoms with Gasteiger partial charge in [0.15, 0.2) is 11.4 Å². The van der Waals surface area contributed by atoms with Crippen LogP contribution in [0.15, 0.2) is 36.7 Å². The first-order valence-corrected chi connectivity index (χ1v) is 6.35. The molecule has 0 aliphatic heterocycles. The monoisotopic (exact) mass is 283 g/mol. The molecule has 0 bridgehead atoms. The Morgan fingerprint density at radius 2 is 2.05 bits per heavy atom. The van der Waals surface area contributed by atoms with E-state index in [4.69, 9.17) is 4.74 Å². The maximum absolute atomic E-state index is 11.4. The number of nitrogens with zero attached hydrogens (tertiary/aromatic N) is 3. The third kappa shape index (κ3) is 2.20. The number of ether oxygens (including phenoxy) is 1. The Bertz CT molecular complexity index is 839. The van der Waals surface area contributed by atoms with Crippen LogP contribution in [-0.2, 0) is 7.05 Å². The Kier molecular flexibility index (Phi) is 3.06. The van der Waals surface area contributed by atoms with Crippen LogP contribution in [0.2, 0.25) is 0 Å². The molecule has 2 heterocycles. The lowest BCUT2D eigenvalue weighted by Gasteiger charge is -2.11. The number of rotatable bonds is 3. The van der Waals surface area contributed by atoms with Crippen molar-refractivity contribution in [3.05, 3.63) is 47.8 Å². The first kappa shape index (κ1) is 13.1. The summed E-state index contributed by atoms with van der Waals surface area (Å²) in [4.78, 5) is 15.5. The smallest absolute Gasteiger partial charge is 0.341 e. The van der Waals surface area contributed by atoms with Crippen LogP contribution in [-0.4, -0.2) is 25.8 Å². The summed E-state index contributed by atoms with van der Waals surface area (Å²) in [5.74, 6) is -0.219. The Morgan fingerprint density at radius 1 is 1.29 bits per heavy atom. The van der Waals surface area contributed by atoms with Crippen molar-refractivity contribution in [2.75, 3.05) is 0 Å². The number of fused-ring (bicyclic) bond motifs is 1. The molecule has 2 aromatic heterocycles. The first-order valence-electron chi connectivity index (χ1n) is 6.35. The van der Waals surface area contributed by atoms with Crippen molar-refractivity contribution in [1.82, 2.24) is 14.8 Å². The highest BCUT2D eigenvalue weighted by molar-refractivity contribution is 5.98. The summed E-state index contributed by atoms with van der Waals surface area (Å²) < 4.78 is 7.43. The molecule has 1 aromatic carbocycles. The van der Waals surface area contributed by atoms with Gasteiger partial charge in [-0.15, -0.1) is 0 Å². The van der Waals surface area contributed by atoms with Gasteiger partial charge >= 0.3 is 5.97 Å². The van der Waals surface area contributed by atoms with Gasteiger partial charge in [-0.05, 0) is 18.6 Å². The first-order chi connectivity index (χ1) is 10.1. The summed E-state index contributed by atoms with van der Waals surface area (Å²) >= 11 is 0. The molecule has 0 amide bonds. The Morgan fingerprint density at radius 3 is 2.76 bits per heavy atom. The van der Waals surface area contributed by atoms with Gasteiger partial charge in [0, 0.05) is 13.2 Å². The molecule has 106 valence electrons. The number of para-hydroxylation sites is 1. The number of aromatic nitrogens is 3. The second-order valence-corrected chi connectivity index (χ2v) is 4.68. The fourth-order valence-corrected chi connectivity index (χ4v) is 2.12. The number of aryl methyl sites for hydroxylation is 2. The van der Waals surface area contributed by atoms with E-state index in [2.05, 4.69) is 10.1 Å². The van der Waals surface area contributed by atoms with E-state index in [0.29, 0.717) is 16.8 Å². The fraction of sp³-hybridized carbons (Fsp3) is 0.133. The molecule has 0 radical (unpaired) electrons. The van der Waals surface area contributed by atoms with E-state index in [-0.39, 0.29) is 11.3 Å². The van der Waals surface area contributed by atoms with E-state index in [1.54, 1.807) is 24.0 Å². The van der Waals surface area contributed by atoms with Crippen molar-refractivity contribution in [3.8, 4) is 11.5 Å². The van der Waals surface area contributed by atoms with E-state index >= 15 is 0 Å². The lowest BCUT2D eigenvalue weighted by atomic mass is 10.2. The zero-order valence-electron chi connectivity index (χ0n) is 11.6. The average molecular weight is 283 g/mol. The number of hydrogen-bond donors (Lipinski definition) is 1. The fourth-order valence-electron chi connectivity index (χ4n) is 2.12. The van der Waals surface area contributed by atoms with Crippen molar-refractivity contribution >= 4 is 17.0 Å². The minimum absolute atomic E-state index is 0.0127. The summed E-state index contributed by atoms with van der Waals surface area (Å²) in [5.41, 5.74) is 1.50. The Hall–Kier alpha value is -2.89. The SMILES string of the molecule is Cc1ccccc1Oc1c(C(=O)O)cnc2c1cnn2C. The van der Waals surface area contributed by atoms with Crippen LogP contribution in [0.3, 0.4) is 0 Å². The molecule has 0 aliphatic rings. The van der Waals surface area contributed by atoms with Crippen LogP contribution in [0, 0.1) is 6.92 Å². The van der Waals surface area contributed by atoms with Gasteiger partial charge in [-0.25, -0.2) is 9.78 Å². The second kappa shape index (κ2) is 4.90. The van der Waals surface area contributed by atoms with Gasteiger partial charge in [-0.3, -0.25) is 4.68 Å². The summed E-state index contributed by atoms with van der Waals surface area (Å²) in [6.07, 6.45) is 2.85. The minimum atomic E-state index is -1.09. The maximum atomic E-state index is 11.4. The van der Waals surface area contributed by atoms with Crippen LogP contribution in [0.1, 0.15) is 15.9 Å². The van der Waals surface area contributed by atoms with Crippen molar-refractivity contribution < 1.29 is 14.6 Å². The number of carboxylic acids is 1.